The molecule has 1 N–H and O–H groups in total. The van der Waals surface area contributed by atoms with Gasteiger partial charge in [0.15, 0.2) is 0 Å². The molecule has 2 aromatic carbocycles. The molecule has 0 aliphatic heterocycles. The summed E-state index contributed by atoms with van der Waals surface area (Å²) in [6.07, 6.45) is 3.63. The first kappa shape index (κ1) is 21.6. The molecule has 1 unspecified atom stereocenters. The van der Waals surface area contributed by atoms with Gasteiger partial charge in [0.05, 0.1) is 0 Å². The maximum Gasteiger partial charge on any atom is 0.271 e. The normalized spacial score (nSPS) is 15.8. The molecule has 7 heteroatoms. The Kier molecular flexibility index (Phi) is 6.43. The number of fused-ring (bicyclic) bond motifs is 1. The first-order valence-corrected chi connectivity index (χ1v) is 12.9. The molecule has 1 atom stereocenters. The highest BCUT2D eigenvalue weighted by Gasteiger charge is 2.28. The van der Waals surface area contributed by atoms with Crippen LogP contribution in [0.25, 0.3) is 0 Å². The van der Waals surface area contributed by atoms with Crippen molar-refractivity contribution < 1.29 is 13.2 Å². The lowest BCUT2D eigenvalue weighted by atomic mass is 9.87. The minimum Gasteiger partial charge on any atom is -0.335 e. The van der Waals surface area contributed by atoms with Crippen molar-refractivity contribution in [1.29, 1.82) is 0 Å². The first-order chi connectivity index (χ1) is 15.0. The Morgan fingerprint density at radius 2 is 1.90 bits per heavy atom. The second-order valence-electron chi connectivity index (χ2n) is 7.78. The zero-order valence-electron chi connectivity index (χ0n) is 17.5. The molecule has 1 heterocycles. The number of hydrogen-bond acceptors (Lipinski definition) is 4. The predicted octanol–water partition coefficient (Wildman–Crippen LogP) is 4.96. The average molecular weight is 455 g/mol. The van der Waals surface area contributed by atoms with Crippen LogP contribution in [0.1, 0.15) is 41.3 Å². The van der Waals surface area contributed by atoms with Gasteiger partial charge < -0.3 is 4.90 Å². The van der Waals surface area contributed by atoms with Crippen LogP contribution in [0, 0.1) is 0 Å². The summed E-state index contributed by atoms with van der Waals surface area (Å²) in [5.41, 5.74) is 3.57. The molecule has 0 spiro atoms. The molecule has 4 rings (SSSR count). The van der Waals surface area contributed by atoms with Gasteiger partial charge in [0.25, 0.3) is 15.9 Å². The standard InChI is InChI=1S/C24H26N2O3S2/c1-2-14-26(22-13-12-18-7-3-4-8-19(18)17-22)24(27)20-9-5-10-21(16-20)25-31(28,29)23-11-6-15-30-23/h3-11,15-16,22,25H,2,12-14,17H2,1H3. The Balaban J connectivity index is 1.55. The van der Waals surface area contributed by atoms with E-state index in [4.69, 9.17) is 0 Å². The van der Waals surface area contributed by atoms with Gasteiger partial charge >= 0.3 is 0 Å². The van der Waals surface area contributed by atoms with Gasteiger partial charge in [-0.2, -0.15) is 0 Å². The number of aryl methyl sites for hydroxylation is 1. The van der Waals surface area contributed by atoms with Crippen LogP contribution in [0.2, 0.25) is 0 Å². The van der Waals surface area contributed by atoms with E-state index in [9.17, 15) is 13.2 Å². The fraction of sp³-hybridized carbons (Fsp3) is 0.292. The molecule has 0 saturated carbocycles. The molecule has 1 aliphatic carbocycles. The predicted molar refractivity (Wildman–Crippen MR) is 125 cm³/mol. The van der Waals surface area contributed by atoms with Crippen LogP contribution in [0.5, 0.6) is 0 Å². The third kappa shape index (κ3) is 4.83. The largest absolute Gasteiger partial charge is 0.335 e. The van der Waals surface area contributed by atoms with E-state index in [1.54, 1.807) is 41.8 Å². The van der Waals surface area contributed by atoms with E-state index in [-0.39, 0.29) is 16.2 Å². The van der Waals surface area contributed by atoms with Gasteiger partial charge in [-0.15, -0.1) is 11.3 Å². The zero-order chi connectivity index (χ0) is 21.8. The minimum atomic E-state index is -3.65. The number of sulfonamides is 1. The van der Waals surface area contributed by atoms with Crippen molar-refractivity contribution in [2.45, 2.75) is 42.9 Å². The highest BCUT2D eigenvalue weighted by molar-refractivity contribution is 7.94. The van der Waals surface area contributed by atoms with E-state index < -0.39 is 10.0 Å². The average Bonchev–Trinajstić information content (AvgIpc) is 3.33. The number of carbonyl (C=O) groups excluding carboxylic acids is 1. The smallest absolute Gasteiger partial charge is 0.271 e. The Morgan fingerprint density at radius 3 is 2.65 bits per heavy atom. The number of nitrogens with one attached hydrogen (secondary N) is 1. The summed E-state index contributed by atoms with van der Waals surface area (Å²) in [4.78, 5) is 15.4. The Morgan fingerprint density at radius 1 is 1.10 bits per heavy atom. The van der Waals surface area contributed by atoms with Gasteiger partial charge in [0.1, 0.15) is 4.21 Å². The Labute approximate surface area is 187 Å². The summed E-state index contributed by atoms with van der Waals surface area (Å²) in [6.45, 7) is 2.75. The lowest BCUT2D eigenvalue weighted by Gasteiger charge is -2.35. The summed E-state index contributed by atoms with van der Waals surface area (Å²) in [5.74, 6) is -0.0524. The SMILES string of the molecule is CCCN(C(=O)c1cccc(NS(=O)(=O)c2cccs2)c1)C1CCc2ccccc2C1. The Hall–Kier alpha value is -2.64. The van der Waals surface area contributed by atoms with Crippen molar-refractivity contribution in [1.82, 2.24) is 4.90 Å². The quantitative estimate of drug-likeness (QED) is 0.549. The van der Waals surface area contributed by atoms with Gasteiger partial charge in [-0.3, -0.25) is 9.52 Å². The fourth-order valence-electron chi connectivity index (χ4n) is 4.14. The molecule has 0 radical (unpaired) electrons. The van der Waals surface area contributed by atoms with Crippen molar-refractivity contribution in [3.63, 3.8) is 0 Å². The number of benzene rings is 2. The van der Waals surface area contributed by atoms with E-state index in [0.29, 0.717) is 17.8 Å². The van der Waals surface area contributed by atoms with Crippen LogP contribution in [0.15, 0.2) is 70.3 Å². The lowest BCUT2D eigenvalue weighted by Crippen LogP contribution is -2.44. The number of thiophene rings is 1. The zero-order valence-corrected chi connectivity index (χ0v) is 19.1. The second kappa shape index (κ2) is 9.24. The first-order valence-electron chi connectivity index (χ1n) is 10.5. The molecule has 1 aliphatic rings. The number of hydrogen-bond donors (Lipinski definition) is 1. The Bertz CT molecular complexity index is 1160. The van der Waals surface area contributed by atoms with Crippen LogP contribution in [0.4, 0.5) is 5.69 Å². The van der Waals surface area contributed by atoms with Crippen molar-refractivity contribution in [3.05, 3.63) is 82.7 Å². The third-order valence-electron chi connectivity index (χ3n) is 5.61. The van der Waals surface area contributed by atoms with E-state index in [0.717, 1.165) is 37.0 Å². The molecule has 0 fully saturated rings. The van der Waals surface area contributed by atoms with Crippen molar-refractivity contribution >= 4 is 33.0 Å². The van der Waals surface area contributed by atoms with Gasteiger partial charge in [0.2, 0.25) is 0 Å². The van der Waals surface area contributed by atoms with Gasteiger partial charge in [-0.1, -0.05) is 43.3 Å². The van der Waals surface area contributed by atoms with Gasteiger partial charge in [-0.25, -0.2) is 8.42 Å². The molecule has 1 amide bonds. The maximum atomic E-state index is 13.4. The molecule has 3 aromatic rings. The van der Waals surface area contributed by atoms with Crippen LogP contribution in [0.3, 0.4) is 0 Å². The molecule has 5 nitrogen and oxygen atoms in total. The van der Waals surface area contributed by atoms with Gasteiger partial charge in [0, 0.05) is 23.8 Å². The number of amides is 1. The highest BCUT2D eigenvalue weighted by Crippen LogP contribution is 2.27. The van der Waals surface area contributed by atoms with E-state index >= 15 is 0 Å². The third-order valence-corrected chi connectivity index (χ3v) is 8.39. The highest BCUT2D eigenvalue weighted by atomic mass is 32.2. The van der Waals surface area contributed by atoms with Crippen molar-refractivity contribution in [3.8, 4) is 0 Å². The summed E-state index contributed by atoms with van der Waals surface area (Å²) in [6, 6.07) is 18.6. The molecule has 0 bridgehead atoms. The maximum absolute atomic E-state index is 13.4. The summed E-state index contributed by atoms with van der Waals surface area (Å²) in [5, 5.41) is 1.72. The lowest BCUT2D eigenvalue weighted by molar-refractivity contribution is 0.0661. The van der Waals surface area contributed by atoms with Crippen molar-refractivity contribution in [2.24, 2.45) is 0 Å². The molecule has 0 saturated heterocycles. The van der Waals surface area contributed by atoms with Crippen LogP contribution in [-0.2, 0) is 22.9 Å². The minimum absolute atomic E-state index is 0.0524. The number of anilines is 1. The molecule has 162 valence electrons. The van der Waals surface area contributed by atoms with Crippen molar-refractivity contribution in [2.75, 3.05) is 11.3 Å². The van der Waals surface area contributed by atoms with Crippen LogP contribution >= 0.6 is 11.3 Å². The molecular weight excluding hydrogens is 428 g/mol. The monoisotopic (exact) mass is 454 g/mol. The molecular formula is C24H26N2O3S2. The summed E-state index contributed by atoms with van der Waals surface area (Å²) >= 11 is 1.16. The van der Waals surface area contributed by atoms with Gasteiger partial charge in [-0.05, 0) is 66.5 Å². The van der Waals surface area contributed by atoms with E-state index in [1.807, 2.05) is 4.90 Å². The molecule has 1 aromatic heterocycles. The number of carbonyl (C=O) groups is 1. The second-order valence-corrected chi connectivity index (χ2v) is 10.6. The topological polar surface area (TPSA) is 66.5 Å². The summed E-state index contributed by atoms with van der Waals surface area (Å²) in [7, 11) is -3.65. The van der Waals surface area contributed by atoms with E-state index in [2.05, 4.69) is 35.9 Å². The molecule has 31 heavy (non-hydrogen) atoms. The van der Waals surface area contributed by atoms with Crippen LogP contribution in [-0.4, -0.2) is 31.8 Å². The number of rotatable bonds is 7. The number of nitrogens with zero attached hydrogens (tertiary/aromatic N) is 1. The van der Waals surface area contributed by atoms with Crippen LogP contribution < -0.4 is 4.72 Å². The van der Waals surface area contributed by atoms with E-state index in [1.165, 1.54) is 11.1 Å². The summed E-state index contributed by atoms with van der Waals surface area (Å²) < 4.78 is 27.9. The fourth-order valence-corrected chi connectivity index (χ4v) is 6.18.